The molecule has 0 aliphatic rings. The molecule has 0 spiro atoms. The van der Waals surface area contributed by atoms with E-state index in [9.17, 15) is 4.79 Å². The van der Waals surface area contributed by atoms with E-state index < -0.39 is 0 Å². The lowest BCUT2D eigenvalue weighted by Gasteiger charge is -2.18. The maximum Gasteiger partial charge on any atom is 0.271 e. The Kier molecular flexibility index (Phi) is 4.52. The van der Waals surface area contributed by atoms with Crippen LogP contribution in [0.3, 0.4) is 0 Å². The quantitative estimate of drug-likeness (QED) is 0.905. The third-order valence-corrected chi connectivity index (χ3v) is 3.60. The number of hydrogen-bond donors (Lipinski definition) is 2. The van der Waals surface area contributed by atoms with Gasteiger partial charge in [-0.25, -0.2) is 0 Å². The highest BCUT2D eigenvalue weighted by molar-refractivity contribution is 5.91. The molecule has 0 aliphatic heterocycles. The molecule has 1 aromatic heterocycles. The number of anilines is 1. The average molecular weight is 284 g/mol. The van der Waals surface area contributed by atoms with Crippen LogP contribution in [0.4, 0.5) is 5.82 Å². The number of carbonyl (C=O) groups excluding carboxylic acids is 1. The lowest BCUT2D eigenvalue weighted by atomic mass is 9.98. The summed E-state index contributed by atoms with van der Waals surface area (Å²) in [6.45, 7) is 6.29. The predicted molar refractivity (Wildman–Crippen MR) is 83.4 cm³/mol. The van der Waals surface area contributed by atoms with Crippen molar-refractivity contribution in [3.63, 3.8) is 0 Å². The van der Waals surface area contributed by atoms with Crippen molar-refractivity contribution >= 4 is 11.7 Å². The van der Waals surface area contributed by atoms with Gasteiger partial charge < -0.3 is 10.6 Å². The average Bonchev–Trinajstić information content (AvgIpc) is 2.50. The molecule has 21 heavy (non-hydrogen) atoms. The number of hydrogen-bond acceptors (Lipinski definition) is 4. The Morgan fingerprint density at radius 1 is 1.14 bits per heavy atom. The molecule has 0 saturated carbocycles. The minimum Gasteiger partial charge on any atom is -0.362 e. The molecule has 2 aromatic rings. The van der Waals surface area contributed by atoms with Crippen LogP contribution in [-0.2, 0) is 0 Å². The maximum absolute atomic E-state index is 11.4. The zero-order chi connectivity index (χ0) is 15.4. The van der Waals surface area contributed by atoms with Crippen molar-refractivity contribution in [1.82, 2.24) is 15.5 Å². The van der Waals surface area contributed by atoms with Crippen molar-refractivity contribution in [2.24, 2.45) is 0 Å². The van der Waals surface area contributed by atoms with Crippen molar-refractivity contribution in [3.05, 3.63) is 52.7 Å². The monoisotopic (exact) mass is 284 g/mol. The highest BCUT2D eigenvalue weighted by Crippen LogP contribution is 2.22. The summed E-state index contributed by atoms with van der Waals surface area (Å²) in [5, 5.41) is 13.8. The summed E-state index contributed by atoms with van der Waals surface area (Å²) in [7, 11) is 1.57. The van der Waals surface area contributed by atoms with Crippen LogP contribution in [0.2, 0.25) is 0 Å². The Morgan fingerprint density at radius 3 is 2.52 bits per heavy atom. The molecule has 2 N–H and O–H groups in total. The number of carbonyl (C=O) groups is 1. The molecule has 0 bridgehead atoms. The lowest BCUT2D eigenvalue weighted by Crippen LogP contribution is -2.20. The minimum absolute atomic E-state index is 0.116. The van der Waals surface area contributed by atoms with Gasteiger partial charge in [0, 0.05) is 7.05 Å². The summed E-state index contributed by atoms with van der Waals surface area (Å²) in [5.74, 6) is 0.410. The standard InChI is InChI=1S/C16H20N4O/c1-10-6-5-7-13(11(10)2)12(3)18-15-9-8-14(19-20-15)16(21)17-4/h5-9,12H,1-4H3,(H,17,21)(H,18,20). The highest BCUT2D eigenvalue weighted by atomic mass is 16.1. The summed E-state index contributed by atoms with van der Waals surface area (Å²) in [5.41, 5.74) is 4.07. The Labute approximate surface area is 124 Å². The van der Waals surface area contributed by atoms with Gasteiger partial charge in [0.05, 0.1) is 6.04 Å². The van der Waals surface area contributed by atoms with E-state index in [1.165, 1.54) is 16.7 Å². The maximum atomic E-state index is 11.4. The number of nitrogens with one attached hydrogen (secondary N) is 2. The van der Waals surface area contributed by atoms with Gasteiger partial charge in [0.25, 0.3) is 5.91 Å². The van der Waals surface area contributed by atoms with E-state index in [4.69, 9.17) is 0 Å². The summed E-state index contributed by atoms with van der Waals surface area (Å²) < 4.78 is 0. The zero-order valence-corrected chi connectivity index (χ0v) is 12.8. The molecule has 0 fully saturated rings. The molecule has 0 radical (unpaired) electrons. The van der Waals surface area contributed by atoms with E-state index >= 15 is 0 Å². The van der Waals surface area contributed by atoms with Gasteiger partial charge in [-0.3, -0.25) is 4.79 Å². The topological polar surface area (TPSA) is 66.9 Å². The molecular formula is C16H20N4O. The molecule has 5 heteroatoms. The van der Waals surface area contributed by atoms with E-state index in [1.54, 1.807) is 19.2 Å². The third kappa shape index (κ3) is 3.37. The second-order valence-electron chi connectivity index (χ2n) is 5.04. The predicted octanol–water partition coefficient (Wildman–Crippen LogP) is 2.63. The molecule has 1 amide bonds. The Bertz CT molecular complexity index is 637. The molecule has 1 unspecified atom stereocenters. The van der Waals surface area contributed by atoms with E-state index in [0.29, 0.717) is 11.5 Å². The molecule has 0 saturated heterocycles. The van der Waals surface area contributed by atoms with Crippen LogP contribution in [0.25, 0.3) is 0 Å². The fourth-order valence-electron chi connectivity index (χ4n) is 2.20. The van der Waals surface area contributed by atoms with E-state index in [-0.39, 0.29) is 11.9 Å². The summed E-state index contributed by atoms with van der Waals surface area (Å²) >= 11 is 0. The van der Waals surface area contributed by atoms with Crippen LogP contribution in [0.1, 0.15) is 40.1 Å². The van der Waals surface area contributed by atoms with Crippen LogP contribution >= 0.6 is 0 Å². The second-order valence-corrected chi connectivity index (χ2v) is 5.04. The summed E-state index contributed by atoms with van der Waals surface area (Å²) in [6.07, 6.45) is 0. The summed E-state index contributed by atoms with van der Waals surface area (Å²) in [4.78, 5) is 11.4. The number of amides is 1. The van der Waals surface area contributed by atoms with Crippen LogP contribution in [0.5, 0.6) is 0 Å². The molecule has 5 nitrogen and oxygen atoms in total. The molecular weight excluding hydrogens is 264 g/mol. The molecule has 0 aliphatic carbocycles. The fraction of sp³-hybridized carbons (Fsp3) is 0.312. The normalized spacial score (nSPS) is 11.8. The van der Waals surface area contributed by atoms with Crippen molar-refractivity contribution in [1.29, 1.82) is 0 Å². The summed E-state index contributed by atoms with van der Waals surface area (Å²) in [6, 6.07) is 9.79. The van der Waals surface area contributed by atoms with Gasteiger partial charge in [-0.2, -0.15) is 0 Å². The van der Waals surface area contributed by atoms with Crippen molar-refractivity contribution < 1.29 is 4.79 Å². The van der Waals surface area contributed by atoms with Gasteiger partial charge >= 0.3 is 0 Å². The number of rotatable bonds is 4. The first-order valence-corrected chi connectivity index (χ1v) is 6.91. The van der Waals surface area contributed by atoms with Crippen LogP contribution in [0, 0.1) is 13.8 Å². The van der Waals surface area contributed by atoms with Crippen LogP contribution < -0.4 is 10.6 Å². The second kappa shape index (κ2) is 6.35. The molecule has 2 rings (SSSR count). The Hall–Kier alpha value is -2.43. The lowest BCUT2D eigenvalue weighted by molar-refractivity contribution is 0.0957. The van der Waals surface area contributed by atoms with Gasteiger partial charge in [-0.05, 0) is 49.6 Å². The van der Waals surface area contributed by atoms with E-state index in [1.807, 2.05) is 0 Å². The fourth-order valence-corrected chi connectivity index (χ4v) is 2.20. The van der Waals surface area contributed by atoms with Crippen molar-refractivity contribution in [2.75, 3.05) is 12.4 Å². The van der Waals surface area contributed by atoms with Crippen molar-refractivity contribution in [2.45, 2.75) is 26.8 Å². The number of aryl methyl sites for hydroxylation is 1. The number of aromatic nitrogens is 2. The Morgan fingerprint density at radius 2 is 1.90 bits per heavy atom. The first kappa shape index (κ1) is 15.0. The largest absolute Gasteiger partial charge is 0.362 e. The smallest absolute Gasteiger partial charge is 0.271 e. The Balaban J connectivity index is 2.14. The zero-order valence-electron chi connectivity index (χ0n) is 12.8. The van der Waals surface area contributed by atoms with Gasteiger partial charge in [0.1, 0.15) is 5.82 Å². The third-order valence-electron chi connectivity index (χ3n) is 3.60. The highest BCUT2D eigenvalue weighted by Gasteiger charge is 2.11. The molecule has 1 heterocycles. The van der Waals surface area contributed by atoms with E-state index in [0.717, 1.165) is 0 Å². The van der Waals surface area contributed by atoms with Gasteiger partial charge in [-0.15, -0.1) is 10.2 Å². The molecule has 1 atom stereocenters. The number of benzene rings is 1. The minimum atomic E-state index is -0.239. The van der Waals surface area contributed by atoms with Crippen LogP contribution in [-0.4, -0.2) is 23.2 Å². The SMILES string of the molecule is CNC(=O)c1ccc(NC(C)c2cccc(C)c2C)nn1. The van der Waals surface area contributed by atoms with Crippen molar-refractivity contribution in [3.8, 4) is 0 Å². The van der Waals surface area contributed by atoms with Gasteiger partial charge in [0.2, 0.25) is 0 Å². The first-order valence-electron chi connectivity index (χ1n) is 6.91. The van der Waals surface area contributed by atoms with Gasteiger partial charge in [-0.1, -0.05) is 18.2 Å². The molecule has 1 aromatic carbocycles. The first-order chi connectivity index (χ1) is 10.0. The number of nitrogens with zero attached hydrogens (tertiary/aromatic N) is 2. The molecule has 110 valence electrons. The van der Waals surface area contributed by atoms with Gasteiger partial charge in [0.15, 0.2) is 5.69 Å². The van der Waals surface area contributed by atoms with E-state index in [2.05, 4.69) is 59.8 Å². The van der Waals surface area contributed by atoms with Crippen LogP contribution in [0.15, 0.2) is 30.3 Å².